The van der Waals surface area contributed by atoms with Crippen molar-refractivity contribution in [2.75, 3.05) is 65.9 Å². The second-order valence-corrected chi connectivity index (χ2v) is 6.08. The van der Waals surface area contributed by atoms with Crippen LogP contribution in [0.3, 0.4) is 0 Å². The van der Waals surface area contributed by atoms with E-state index in [2.05, 4.69) is 44.9 Å². The van der Waals surface area contributed by atoms with E-state index in [1.54, 1.807) is 0 Å². The Hall–Kier alpha value is -0.640. The zero-order valence-corrected chi connectivity index (χ0v) is 16.1. The van der Waals surface area contributed by atoms with E-state index in [-0.39, 0.29) is 1.43 Å². The first-order valence-corrected chi connectivity index (χ1v) is 9.16. The van der Waals surface area contributed by atoms with E-state index in [0.717, 1.165) is 25.6 Å². The highest BCUT2D eigenvalue weighted by Gasteiger charge is 1.97. The number of rotatable bonds is 16. The predicted molar refractivity (Wildman–Crippen MR) is 100 cm³/mol. The van der Waals surface area contributed by atoms with Gasteiger partial charge >= 0.3 is 0 Å². The van der Waals surface area contributed by atoms with Gasteiger partial charge in [0.15, 0.2) is 0 Å². The topological polar surface area (TPSA) is 49.0 Å². The van der Waals surface area contributed by atoms with Crippen molar-refractivity contribution >= 4 is 0 Å². The molecule has 1 atom stereocenters. The zero-order chi connectivity index (χ0) is 17.9. The summed E-state index contributed by atoms with van der Waals surface area (Å²) in [5.41, 5.74) is 0. The molecule has 0 aliphatic carbocycles. The first-order chi connectivity index (χ1) is 11.7. The van der Waals surface area contributed by atoms with Gasteiger partial charge in [0, 0.05) is 13.9 Å². The molecular formula is C19H39NO4. The zero-order valence-electron chi connectivity index (χ0n) is 16.1. The van der Waals surface area contributed by atoms with Crippen LogP contribution < -0.4 is 5.32 Å². The first-order valence-electron chi connectivity index (χ1n) is 9.16. The summed E-state index contributed by atoms with van der Waals surface area (Å²) in [6.45, 7) is 15.3. The maximum Gasteiger partial charge on any atom is 0.107 e. The molecule has 0 heterocycles. The molecule has 0 aliphatic heterocycles. The van der Waals surface area contributed by atoms with Gasteiger partial charge in [-0.25, -0.2) is 0 Å². The largest absolute Gasteiger partial charge is 0.378 e. The van der Waals surface area contributed by atoms with Crippen molar-refractivity contribution in [3.05, 3.63) is 0 Å². The van der Waals surface area contributed by atoms with Crippen LogP contribution in [-0.4, -0.2) is 65.9 Å². The van der Waals surface area contributed by atoms with Gasteiger partial charge in [-0.1, -0.05) is 46.0 Å². The molecule has 0 spiro atoms. The third kappa shape index (κ3) is 19.4. The normalized spacial score (nSPS) is 12.2. The average molecular weight is 346 g/mol. The van der Waals surface area contributed by atoms with Crippen molar-refractivity contribution in [3.63, 3.8) is 0 Å². The number of hydrogen-bond donors (Lipinski definition) is 1. The molecule has 0 aliphatic rings. The van der Waals surface area contributed by atoms with Gasteiger partial charge in [0.25, 0.3) is 0 Å². The van der Waals surface area contributed by atoms with E-state index in [1.165, 1.54) is 6.42 Å². The van der Waals surface area contributed by atoms with E-state index in [1.807, 2.05) is 0 Å². The molecule has 0 rings (SSSR count). The lowest BCUT2D eigenvalue weighted by atomic mass is 10.1. The lowest BCUT2D eigenvalue weighted by molar-refractivity contribution is 0.00166. The Kier molecular flexibility index (Phi) is 18.2. The minimum Gasteiger partial charge on any atom is -0.378 e. The molecule has 0 bridgehead atoms. The Morgan fingerprint density at radius 3 is 1.92 bits per heavy atom. The molecule has 0 fully saturated rings. The molecular weight excluding hydrogens is 306 g/mol. The summed E-state index contributed by atoms with van der Waals surface area (Å²) in [4.78, 5) is 0. The van der Waals surface area contributed by atoms with Gasteiger partial charge < -0.3 is 24.3 Å². The van der Waals surface area contributed by atoms with Crippen LogP contribution in [0.1, 0.15) is 35.5 Å². The van der Waals surface area contributed by atoms with Gasteiger partial charge in [0.1, 0.15) is 6.61 Å². The van der Waals surface area contributed by atoms with Gasteiger partial charge in [-0.3, -0.25) is 0 Å². The molecule has 5 nitrogen and oxygen atoms in total. The predicted octanol–water partition coefficient (Wildman–Crippen LogP) is 2.59. The van der Waals surface area contributed by atoms with Crippen molar-refractivity contribution in [1.82, 2.24) is 5.32 Å². The second-order valence-electron chi connectivity index (χ2n) is 6.08. The Balaban J connectivity index is 0. The van der Waals surface area contributed by atoms with Crippen molar-refractivity contribution in [1.29, 1.82) is 0 Å². The van der Waals surface area contributed by atoms with Gasteiger partial charge in [-0.05, 0) is 12.5 Å². The van der Waals surface area contributed by atoms with E-state index >= 15 is 0 Å². The SMILES string of the molecule is CCC(C)CNCCOCCOCCOCCOCC#CC(C)C.[HH]. The summed E-state index contributed by atoms with van der Waals surface area (Å²) >= 11 is 0. The number of hydrogen-bond acceptors (Lipinski definition) is 5. The third-order valence-corrected chi connectivity index (χ3v) is 3.29. The molecule has 0 aromatic heterocycles. The molecule has 0 aromatic carbocycles. The van der Waals surface area contributed by atoms with Crippen molar-refractivity contribution in [2.45, 2.75) is 34.1 Å². The van der Waals surface area contributed by atoms with Crippen LogP contribution in [0.2, 0.25) is 0 Å². The van der Waals surface area contributed by atoms with Crippen LogP contribution in [0.4, 0.5) is 0 Å². The summed E-state index contributed by atoms with van der Waals surface area (Å²) in [7, 11) is 0. The van der Waals surface area contributed by atoms with E-state index < -0.39 is 0 Å². The Morgan fingerprint density at radius 1 is 0.833 bits per heavy atom. The van der Waals surface area contributed by atoms with E-state index in [9.17, 15) is 0 Å². The molecule has 0 amide bonds. The van der Waals surface area contributed by atoms with Crippen LogP contribution in [0.25, 0.3) is 0 Å². The Labute approximate surface area is 150 Å². The minimum absolute atomic E-state index is 0. The summed E-state index contributed by atoms with van der Waals surface area (Å²) in [5.74, 6) is 7.14. The van der Waals surface area contributed by atoms with Gasteiger partial charge in [-0.15, -0.1) is 0 Å². The number of ether oxygens (including phenoxy) is 4. The van der Waals surface area contributed by atoms with E-state index in [0.29, 0.717) is 52.2 Å². The fourth-order valence-electron chi connectivity index (χ4n) is 1.67. The Bertz CT molecular complexity index is 318. The van der Waals surface area contributed by atoms with Crippen molar-refractivity contribution in [2.24, 2.45) is 11.8 Å². The van der Waals surface area contributed by atoms with Crippen LogP contribution in [0.5, 0.6) is 0 Å². The highest BCUT2D eigenvalue weighted by molar-refractivity contribution is 5.01. The standard InChI is InChI=1S/C19H37NO4.H2/c1-5-19(4)17-20-8-10-22-12-14-24-16-15-23-13-11-21-9-6-7-18(2)3;/h18-20H,5,8-17H2,1-4H3;1H. The highest BCUT2D eigenvalue weighted by atomic mass is 16.6. The lowest BCUT2D eigenvalue weighted by Gasteiger charge is -2.10. The van der Waals surface area contributed by atoms with Crippen LogP contribution in [-0.2, 0) is 18.9 Å². The molecule has 5 heteroatoms. The quantitative estimate of drug-likeness (QED) is 0.344. The highest BCUT2D eigenvalue weighted by Crippen LogP contribution is 1.96. The summed E-state index contributed by atoms with van der Waals surface area (Å²) < 4.78 is 21.7. The van der Waals surface area contributed by atoms with Gasteiger partial charge in [0.05, 0.1) is 46.2 Å². The first kappa shape index (κ1) is 23.4. The molecule has 1 unspecified atom stereocenters. The summed E-state index contributed by atoms with van der Waals surface area (Å²) in [6.07, 6.45) is 1.21. The molecule has 0 aromatic rings. The fraction of sp³-hybridized carbons (Fsp3) is 0.895. The molecule has 144 valence electrons. The monoisotopic (exact) mass is 345 g/mol. The molecule has 1 N–H and O–H groups in total. The molecule has 0 saturated carbocycles. The number of nitrogens with one attached hydrogen (secondary N) is 1. The van der Waals surface area contributed by atoms with Crippen molar-refractivity contribution in [3.8, 4) is 11.8 Å². The third-order valence-electron chi connectivity index (χ3n) is 3.29. The maximum atomic E-state index is 5.49. The average Bonchev–Trinajstić information content (AvgIpc) is 2.57. The second kappa shape index (κ2) is 18.7. The lowest BCUT2D eigenvalue weighted by Crippen LogP contribution is -2.25. The smallest absolute Gasteiger partial charge is 0.107 e. The Morgan fingerprint density at radius 2 is 1.38 bits per heavy atom. The molecule has 0 radical (unpaired) electrons. The molecule has 0 saturated heterocycles. The summed E-state index contributed by atoms with van der Waals surface area (Å²) in [5, 5.41) is 3.38. The minimum atomic E-state index is 0. The van der Waals surface area contributed by atoms with Gasteiger partial charge in [-0.2, -0.15) is 0 Å². The fourth-order valence-corrected chi connectivity index (χ4v) is 1.67. The molecule has 24 heavy (non-hydrogen) atoms. The van der Waals surface area contributed by atoms with Crippen molar-refractivity contribution < 1.29 is 20.4 Å². The van der Waals surface area contributed by atoms with E-state index in [4.69, 9.17) is 18.9 Å². The summed E-state index contributed by atoms with van der Waals surface area (Å²) in [6, 6.07) is 0. The maximum absolute atomic E-state index is 5.49. The van der Waals surface area contributed by atoms with Crippen LogP contribution >= 0.6 is 0 Å². The van der Waals surface area contributed by atoms with Crippen LogP contribution in [0.15, 0.2) is 0 Å². The van der Waals surface area contributed by atoms with Crippen LogP contribution in [0, 0.1) is 23.7 Å². The van der Waals surface area contributed by atoms with Gasteiger partial charge in [0.2, 0.25) is 0 Å².